The molecule has 0 saturated heterocycles. The number of pyridine rings is 1. The normalized spacial score (nSPS) is 20.9. The van der Waals surface area contributed by atoms with E-state index in [0.717, 1.165) is 45.2 Å². The molecule has 0 radical (unpaired) electrons. The number of nitrogens with one attached hydrogen (secondary N) is 1. The van der Waals surface area contributed by atoms with E-state index in [2.05, 4.69) is 52.2 Å². The predicted molar refractivity (Wildman–Crippen MR) is 158 cm³/mol. The lowest BCUT2D eigenvalue weighted by molar-refractivity contribution is -0.136. The van der Waals surface area contributed by atoms with Crippen LogP contribution in [0.1, 0.15) is 129 Å². The second-order valence-corrected chi connectivity index (χ2v) is 11.9. The van der Waals surface area contributed by atoms with E-state index in [0.29, 0.717) is 17.9 Å². The van der Waals surface area contributed by atoms with Crippen molar-refractivity contribution in [1.29, 1.82) is 0 Å². The number of carbonyl (C=O) groups excluding carboxylic acids is 2. The van der Waals surface area contributed by atoms with Crippen LogP contribution < -0.4 is 5.32 Å². The highest BCUT2D eigenvalue weighted by Crippen LogP contribution is 2.34. The Kier molecular flexibility index (Phi) is 16.5. The van der Waals surface area contributed by atoms with E-state index < -0.39 is 0 Å². The zero-order valence-electron chi connectivity index (χ0n) is 25.8. The van der Waals surface area contributed by atoms with E-state index in [9.17, 15) is 9.59 Å². The number of rotatable bonds is 5. The first-order valence-corrected chi connectivity index (χ1v) is 15.2. The molecule has 1 aromatic rings. The Hall–Kier alpha value is -1.95. The lowest BCUT2D eigenvalue weighted by Gasteiger charge is -2.31. The maximum absolute atomic E-state index is 12.9. The number of hydrogen-bond donors (Lipinski definition) is 1. The fourth-order valence-electron chi connectivity index (χ4n) is 5.44. The molecule has 0 spiro atoms. The van der Waals surface area contributed by atoms with Crippen molar-refractivity contribution in [1.82, 2.24) is 15.2 Å². The molecule has 2 atom stereocenters. The van der Waals surface area contributed by atoms with Crippen molar-refractivity contribution in [3.63, 3.8) is 0 Å². The second-order valence-electron chi connectivity index (χ2n) is 11.9. The Morgan fingerprint density at radius 3 is 2.34 bits per heavy atom. The van der Waals surface area contributed by atoms with E-state index in [-0.39, 0.29) is 17.9 Å². The highest BCUT2D eigenvalue weighted by molar-refractivity contribution is 5.79. The van der Waals surface area contributed by atoms with Crippen molar-refractivity contribution in [2.24, 2.45) is 11.3 Å². The summed E-state index contributed by atoms with van der Waals surface area (Å²) >= 11 is 0. The summed E-state index contributed by atoms with van der Waals surface area (Å²) in [6.45, 7) is 17.0. The minimum atomic E-state index is 0.0588. The quantitative estimate of drug-likeness (QED) is 0.413. The molecule has 1 aromatic heterocycles. The average molecular weight is 532 g/mol. The van der Waals surface area contributed by atoms with Crippen LogP contribution in [0.5, 0.6) is 0 Å². The lowest BCUT2D eigenvalue weighted by atomic mass is 9.84. The Balaban J connectivity index is 0.000000512. The maximum Gasteiger partial charge on any atom is 0.226 e. The molecule has 1 N–H and O–H groups in total. The van der Waals surface area contributed by atoms with E-state index in [1.807, 2.05) is 18.7 Å². The van der Waals surface area contributed by atoms with Crippen LogP contribution in [0.15, 0.2) is 12.3 Å². The van der Waals surface area contributed by atoms with Gasteiger partial charge in [-0.05, 0) is 54.6 Å². The molecule has 2 aliphatic carbocycles. The van der Waals surface area contributed by atoms with Gasteiger partial charge in [0.05, 0.1) is 6.61 Å². The topological polar surface area (TPSA) is 71.5 Å². The van der Waals surface area contributed by atoms with Gasteiger partial charge in [-0.2, -0.15) is 0 Å². The van der Waals surface area contributed by atoms with Crippen molar-refractivity contribution >= 4 is 12.3 Å². The van der Waals surface area contributed by atoms with Gasteiger partial charge in [0.15, 0.2) is 0 Å². The number of aromatic nitrogens is 1. The van der Waals surface area contributed by atoms with Crippen LogP contribution in [0.3, 0.4) is 0 Å². The number of amides is 2. The van der Waals surface area contributed by atoms with Gasteiger partial charge in [-0.15, -0.1) is 0 Å². The van der Waals surface area contributed by atoms with Crippen LogP contribution in [-0.4, -0.2) is 48.5 Å². The molecule has 3 aliphatic rings. The molecule has 218 valence electrons. The third-order valence-electron chi connectivity index (χ3n) is 7.11. The summed E-state index contributed by atoms with van der Waals surface area (Å²) in [5, 5.41) is 2.83. The Morgan fingerprint density at radius 1 is 1.13 bits per heavy atom. The molecule has 4 rings (SSSR count). The molecule has 6 heteroatoms. The van der Waals surface area contributed by atoms with Gasteiger partial charge in [0, 0.05) is 50.5 Å². The first-order chi connectivity index (χ1) is 18.2. The number of nitrogens with zero attached hydrogens (tertiary/aromatic N) is 2. The summed E-state index contributed by atoms with van der Waals surface area (Å²) in [6.07, 6.45) is 14.1. The van der Waals surface area contributed by atoms with Gasteiger partial charge >= 0.3 is 0 Å². The molecule has 2 unspecified atom stereocenters. The van der Waals surface area contributed by atoms with Crippen molar-refractivity contribution < 1.29 is 14.3 Å². The fraction of sp³-hybridized carbons (Fsp3) is 0.781. The number of fused-ring (bicyclic) bond motifs is 1. The van der Waals surface area contributed by atoms with Gasteiger partial charge < -0.3 is 15.0 Å². The monoisotopic (exact) mass is 531 g/mol. The molecular weight excluding hydrogens is 474 g/mol. The van der Waals surface area contributed by atoms with Crippen LogP contribution in [0.4, 0.5) is 0 Å². The van der Waals surface area contributed by atoms with Crippen molar-refractivity contribution in [3.8, 4) is 0 Å². The first-order valence-electron chi connectivity index (χ1n) is 15.2. The largest absolute Gasteiger partial charge is 0.384 e. The highest BCUT2D eigenvalue weighted by Gasteiger charge is 2.34. The number of methoxy groups -OCH3 is 1. The average Bonchev–Trinajstić information content (AvgIpc) is 3.38. The minimum absolute atomic E-state index is 0.0588. The van der Waals surface area contributed by atoms with Crippen molar-refractivity contribution in [2.75, 3.05) is 20.3 Å². The summed E-state index contributed by atoms with van der Waals surface area (Å²) in [5.74, 6) is 0.968. The predicted octanol–water partition coefficient (Wildman–Crippen LogP) is 7.05. The smallest absolute Gasteiger partial charge is 0.226 e. The van der Waals surface area contributed by atoms with Crippen LogP contribution in [0.25, 0.3) is 0 Å². The molecule has 38 heavy (non-hydrogen) atoms. The van der Waals surface area contributed by atoms with Crippen molar-refractivity contribution in [2.45, 2.75) is 131 Å². The van der Waals surface area contributed by atoms with Crippen LogP contribution >= 0.6 is 0 Å². The lowest BCUT2D eigenvalue weighted by Crippen LogP contribution is -2.40. The first kappa shape index (κ1) is 34.1. The number of ether oxygens (including phenoxy) is 1. The van der Waals surface area contributed by atoms with E-state index in [4.69, 9.17) is 9.72 Å². The number of hydrogen-bond acceptors (Lipinski definition) is 4. The van der Waals surface area contributed by atoms with E-state index in [1.54, 1.807) is 7.11 Å². The third-order valence-corrected chi connectivity index (χ3v) is 7.11. The zero-order chi connectivity index (χ0) is 28.6. The number of carbonyl (C=O) groups is 2. The minimum Gasteiger partial charge on any atom is -0.384 e. The third kappa shape index (κ3) is 11.8. The van der Waals surface area contributed by atoms with Gasteiger partial charge in [-0.1, -0.05) is 80.2 Å². The van der Waals surface area contributed by atoms with Crippen LogP contribution in [0.2, 0.25) is 0 Å². The fourth-order valence-corrected chi connectivity index (χ4v) is 5.44. The summed E-state index contributed by atoms with van der Waals surface area (Å²) in [5.41, 5.74) is 4.11. The zero-order valence-corrected chi connectivity index (χ0v) is 25.8. The summed E-state index contributed by atoms with van der Waals surface area (Å²) in [4.78, 5) is 30.3. The van der Waals surface area contributed by atoms with Crippen LogP contribution in [-0.2, 0) is 27.3 Å². The van der Waals surface area contributed by atoms with Gasteiger partial charge in [0.25, 0.3) is 0 Å². The Labute approximate surface area is 233 Å². The molecule has 2 saturated carbocycles. The van der Waals surface area contributed by atoms with Gasteiger partial charge in [-0.3, -0.25) is 14.6 Å². The van der Waals surface area contributed by atoms with Gasteiger partial charge in [0.2, 0.25) is 12.3 Å². The van der Waals surface area contributed by atoms with Crippen LogP contribution in [0, 0.1) is 11.3 Å². The molecule has 0 aromatic carbocycles. The van der Waals surface area contributed by atoms with E-state index in [1.165, 1.54) is 55.3 Å². The molecule has 2 heterocycles. The van der Waals surface area contributed by atoms with Gasteiger partial charge in [0.1, 0.15) is 0 Å². The standard InChI is InChI=1S/C21H29N3O2.C6H14O.C3H8.C2H6/c25-14-23-19-7-6-16(11-19)21(26)24-9-8-20-18(13-24)10-17(12-22-20)15-4-2-1-3-5-15;1-6(2,3)5-7-4;1-3-2;1-2/h10,12,14-16,19H,1-9,11,13H2,(H,23,25);5H2,1-4H3;3H2,1-2H3;1-2H3. The molecule has 0 bridgehead atoms. The SMILES string of the molecule is CC.CCC.COCC(C)(C)C.O=CNC1CCC(C(=O)N2CCc3ncc(C4CCCCC4)cc3C2)C1. The Bertz CT molecular complexity index is 800. The molecule has 2 amide bonds. The molecule has 2 fully saturated rings. The summed E-state index contributed by atoms with van der Waals surface area (Å²) in [7, 11) is 1.73. The molecule has 6 nitrogen and oxygen atoms in total. The summed E-state index contributed by atoms with van der Waals surface area (Å²) in [6, 6.07) is 2.49. The highest BCUT2D eigenvalue weighted by atomic mass is 16.5. The maximum atomic E-state index is 12.9. The second kappa shape index (κ2) is 18.4. The van der Waals surface area contributed by atoms with E-state index >= 15 is 0 Å². The van der Waals surface area contributed by atoms with Crippen molar-refractivity contribution in [3.05, 3.63) is 29.1 Å². The Morgan fingerprint density at radius 2 is 1.79 bits per heavy atom. The molecule has 1 aliphatic heterocycles. The van der Waals surface area contributed by atoms with Gasteiger partial charge in [-0.25, -0.2) is 0 Å². The summed E-state index contributed by atoms with van der Waals surface area (Å²) < 4.78 is 4.91. The molecular formula is C32H57N3O3.